The van der Waals surface area contributed by atoms with Crippen molar-refractivity contribution in [3.05, 3.63) is 12.7 Å². The lowest BCUT2D eigenvalue weighted by Gasteiger charge is -2.23. The normalized spacial score (nSPS) is 18.5. The van der Waals surface area contributed by atoms with Gasteiger partial charge in [0, 0.05) is 33.8 Å². The fourth-order valence-electron chi connectivity index (χ4n) is 2.32. The second-order valence-corrected chi connectivity index (χ2v) is 5.12. The van der Waals surface area contributed by atoms with Crippen molar-refractivity contribution in [3.8, 4) is 0 Å². The standard InChI is InChI=1S/C15H29N3O.HI/c1-4-5-6-7-8-11-18(3)15(16-2)17-13-14-10-9-12-19-14;/h4,14H,1,5-13H2,2-3H3,(H,16,17);1H. The Kier molecular flexibility index (Phi) is 12.3. The van der Waals surface area contributed by atoms with Crippen LogP contribution in [-0.4, -0.2) is 50.8 Å². The van der Waals surface area contributed by atoms with Crippen molar-refractivity contribution >= 4 is 29.9 Å². The van der Waals surface area contributed by atoms with Crippen molar-refractivity contribution < 1.29 is 4.74 Å². The highest BCUT2D eigenvalue weighted by Gasteiger charge is 2.16. The summed E-state index contributed by atoms with van der Waals surface area (Å²) in [6.07, 6.45) is 9.50. The molecule has 0 radical (unpaired) electrons. The van der Waals surface area contributed by atoms with E-state index >= 15 is 0 Å². The summed E-state index contributed by atoms with van der Waals surface area (Å²) in [6, 6.07) is 0. The number of hydrogen-bond donors (Lipinski definition) is 1. The zero-order chi connectivity index (χ0) is 13.9. The largest absolute Gasteiger partial charge is 0.376 e. The van der Waals surface area contributed by atoms with E-state index in [-0.39, 0.29) is 24.0 Å². The molecule has 0 spiro atoms. The number of nitrogens with zero attached hydrogens (tertiary/aromatic N) is 2. The van der Waals surface area contributed by atoms with Gasteiger partial charge in [-0.15, -0.1) is 30.6 Å². The van der Waals surface area contributed by atoms with Crippen LogP contribution in [0.25, 0.3) is 0 Å². The molecule has 1 fully saturated rings. The molecule has 1 rings (SSSR count). The summed E-state index contributed by atoms with van der Waals surface area (Å²) in [5.41, 5.74) is 0. The van der Waals surface area contributed by atoms with Crippen LogP contribution < -0.4 is 5.32 Å². The van der Waals surface area contributed by atoms with Crippen LogP contribution in [0.5, 0.6) is 0 Å². The van der Waals surface area contributed by atoms with E-state index < -0.39 is 0 Å². The molecule has 1 N–H and O–H groups in total. The van der Waals surface area contributed by atoms with Gasteiger partial charge in [0.25, 0.3) is 0 Å². The quantitative estimate of drug-likeness (QED) is 0.226. The molecule has 1 saturated heterocycles. The minimum absolute atomic E-state index is 0. The van der Waals surface area contributed by atoms with Gasteiger partial charge in [0.05, 0.1) is 6.10 Å². The van der Waals surface area contributed by atoms with Crippen LogP contribution in [0.2, 0.25) is 0 Å². The summed E-state index contributed by atoms with van der Waals surface area (Å²) >= 11 is 0. The lowest BCUT2D eigenvalue weighted by molar-refractivity contribution is 0.113. The SMILES string of the molecule is C=CCCCCCN(C)C(=NC)NCC1CCCO1.I. The first-order valence-electron chi connectivity index (χ1n) is 7.42. The number of nitrogens with one attached hydrogen (secondary N) is 1. The van der Waals surface area contributed by atoms with Gasteiger partial charge in [0.2, 0.25) is 0 Å². The minimum Gasteiger partial charge on any atom is -0.376 e. The fraction of sp³-hybridized carbons (Fsp3) is 0.800. The number of rotatable bonds is 8. The summed E-state index contributed by atoms with van der Waals surface area (Å²) in [5, 5.41) is 3.40. The average molecular weight is 395 g/mol. The molecular weight excluding hydrogens is 365 g/mol. The lowest BCUT2D eigenvalue weighted by Crippen LogP contribution is -2.42. The molecule has 5 heteroatoms. The first kappa shape index (κ1) is 19.7. The van der Waals surface area contributed by atoms with Gasteiger partial charge in [0.15, 0.2) is 5.96 Å². The molecule has 4 nitrogen and oxygen atoms in total. The molecule has 0 aliphatic carbocycles. The highest BCUT2D eigenvalue weighted by Crippen LogP contribution is 2.10. The maximum atomic E-state index is 5.61. The Morgan fingerprint density at radius 2 is 2.25 bits per heavy atom. The van der Waals surface area contributed by atoms with Crippen molar-refractivity contribution in [1.29, 1.82) is 0 Å². The molecule has 1 unspecified atom stereocenters. The maximum absolute atomic E-state index is 5.61. The zero-order valence-corrected chi connectivity index (χ0v) is 15.3. The number of ether oxygens (including phenoxy) is 1. The van der Waals surface area contributed by atoms with E-state index in [2.05, 4.69) is 28.8 Å². The molecule has 1 aliphatic heterocycles. The summed E-state index contributed by atoms with van der Waals surface area (Å²) < 4.78 is 5.61. The van der Waals surface area contributed by atoms with E-state index in [9.17, 15) is 0 Å². The average Bonchev–Trinajstić information content (AvgIpc) is 2.92. The van der Waals surface area contributed by atoms with Crippen LogP contribution in [-0.2, 0) is 4.74 Å². The molecule has 0 aromatic heterocycles. The van der Waals surface area contributed by atoms with Crippen LogP contribution in [0, 0.1) is 0 Å². The van der Waals surface area contributed by atoms with E-state index in [1.54, 1.807) is 0 Å². The number of guanidine groups is 1. The van der Waals surface area contributed by atoms with Gasteiger partial charge < -0.3 is 15.0 Å². The van der Waals surface area contributed by atoms with Gasteiger partial charge in [0.1, 0.15) is 0 Å². The van der Waals surface area contributed by atoms with Gasteiger partial charge in [-0.05, 0) is 32.1 Å². The van der Waals surface area contributed by atoms with E-state index in [1.807, 2.05) is 13.1 Å². The van der Waals surface area contributed by atoms with Crippen molar-refractivity contribution in [2.24, 2.45) is 4.99 Å². The number of halogens is 1. The monoisotopic (exact) mass is 395 g/mol. The van der Waals surface area contributed by atoms with Crippen LogP contribution in [0.3, 0.4) is 0 Å². The van der Waals surface area contributed by atoms with Crippen LogP contribution >= 0.6 is 24.0 Å². The number of aliphatic imine (C=N–C) groups is 1. The Balaban J connectivity index is 0.00000361. The van der Waals surface area contributed by atoms with Crippen molar-refractivity contribution in [1.82, 2.24) is 10.2 Å². The minimum atomic E-state index is 0. The van der Waals surface area contributed by atoms with Gasteiger partial charge >= 0.3 is 0 Å². The molecule has 20 heavy (non-hydrogen) atoms. The van der Waals surface area contributed by atoms with E-state index in [1.165, 1.54) is 25.7 Å². The maximum Gasteiger partial charge on any atom is 0.193 e. The van der Waals surface area contributed by atoms with Crippen LogP contribution in [0.4, 0.5) is 0 Å². The van der Waals surface area contributed by atoms with Crippen molar-refractivity contribution in [3.63, 3.8) is 0 Å². The Labute approximate surface area is 141 Å². The highest BCUT2D eigenvalue weighted by atomic mass is 127. The summed E-state index contributed by atoms with van der Waals surface area (Å²) in [6.45, 7) is 6.56. The van der Waals surface area contributed by atoms with E-state index in [0.717, 1.165) is 38.5 Å². The second-order valence-electron chi connectivity index (χ2n) is 5.12. The Hall–Kier alpha value is -0.300. The molecular formula is C15H30IN3O. The molecule has 1 aliphatic rings. The molecule has 1 atom stereocenters. The third kappa shape index (κ3) is 8.09. The van der Waals surface area contributed by atoms with Gasteiger partial charge in [-0.2, -0.15) is 0 Å². The van der Waals surface area contributed by atoms with Gasteiger partial charge in [-0.1, -0.05) is 12.5 Å². The predicted octanol–water partition coefficient (Wildman–Crippen LogP) is 3.04. The molecule has 1 heterocycles. The number of unbranched alkanes of at least 4 members (excludes halogenated alkanes) is 3. The molecule has 118 valence electrons. The summed E-state index contributed by atoms with van der Waals surface area (Å²) in [4.78, 5) is 6.52. The topological polar surface area (TPSA) is 36.9 Å². The molecule has 0 bridgehead atoms. The number of hydrogen-bond acceptors (Lipinski definition) is 2. The van der Waals surface area contributed by atoms with Crippen LogP contribution in [0.1, 0.15) is 38.5 Å². The second kappa shape index (κ2) is 12.4. The molecule has 0 amide bonds. The zero-order valence-electron chi connectivity index (χ0n) is 12.9. The third-order valence-electron chi connectivity index (χ3n) is 3.49. The predicted molar refractivity (Wildman–Crippen MR) is 97.0 cm³/mol. The highest BCUT2D eigenvalue weighted by molar-refractivity contribution is 14.0. The van der Waals surface area contributed by atoms with Gasteiger partial charge in [-0.25, -0.2) is 0 Å². The molecule has 0 aromatic rings. The molecule has 0 aromatic carbocycles. The Morgan fingerprint density at radius 3 is 2.85 bits per heavy atom. The number of allylic oxidation sites excluding steroid dienone is 1. The van der Waals surface area contributed by atoms with Crippen molar-refractivity contribution in [2.45, 2.75) is 44.6 Å². The fourth-order valence-corrected chi connectivity index (χ4v) is 2.32. The summed E-state index contributed by atoms with van der Waals surface area (Å²) in [5.74, 6) is 0.972. The van der Waals surface area contributed by atoms with Crippen LogP contribution in [0.15, 0.2) is 17.6 Å². The van der Waals surface area contributed by atoms with E-state index in [4.69, 9.17) is 4.74 Å². The molecule has 0 saturated carbocycles. The smallest absolute Gasteiger partial charge is 0.193 e. The Bertz CT molecular complexity index is 278. The lowest BCUT2D eigenvalue weighted by atomic mass is 10.2. The third-order valence-corrected chi connectivity index (χ3v) is 3.49. The van der Waals surface area contributed by atoms with E-state index in [0.29, 0.717) is 6.10 Å². The van der Waals surface area contributed by atoms with Crippen molar-refractivity contribution in [2.75, 3.05) is 33.8 Å². The summed E-state index contributed by atoms with van der Waals surface area (Å²) in [7, 11) is 3.93. The first-order valence-corrected chi connectivity index (χ1v) is 7.42. The van der Waals surface area contributed by atoms with Gasteiger partial charge in [-0.3, -0.25) is 4.99 Å². The Morgan fingerprint density at radius 1 is 1.45 bits per heavy atom. The first-order chi connectivity index (χ1) is 9.27.